The summed E-state index contributed by atoms with van der Waals surface area (Å²) in [7, 11) is 0. The summed E-state index contributed by atoms with van der Waals surface area (Å²) >= 11 is 0. The summed E-state index contributed by atoms with van der Waals surface area (Å²) in [6, 6.07) is 0. The summed E-state index contributed by atoms with van der Waals surface area (Å²) < 4.78 is 0. The summed E-state index contributed by atoms with van der Waals surface area (Å²) in [5.41, 5.74) is 0. The standard InChI is InChI=1S/C2H4O2.CN.Rh/c1-2(3)4;1-2;/h1H3,(H,3,4);;/q;-1;. The van der Waals surface area contributed by atoms with Crippen molar-refractivity contribution < 1.29 is 29.4 Å². The molecule has 0 amide bonds. The van der Waals surface area contributed by atoms with Crippen LogP contribution in [-0.4, -0.2) is 11.1 Å². The molecule has 0 aromatic heterocycles. The second-order valence-electron chi connectivity index (χ2n) is 0.519. The first-order valence-electron chi connectivity index (χ1n) is 1.15. The zero-order valence-corrected chi connectivity index (χ0v) is 5.27. The zero-order valence-electron chi connectivity index (χ0n) is 3.64. The van der Waals surface area contributed by atoms with Crippen molar-refractivity contribution in [2.24, 2.45) is 0 Å². The third kappa shape index (κ3) is 413. The number of carboxylic acids is 1. The molecule has 4 heteroatoms. The number of carbonyl (C=O) groups is 1. The Morgan fingerprint density at radius 2 is 1.71 bits per heavy atom. The Bertz CT molecular complexity index is 57.2. The Balaban J connectivity index is -0.0000000480. The molecule has 0 aliphatic carbocycles. The van der Waals surface area contributed by atoms with Crippen molar-refractivity contribution >= 4 is 5.97 Å². The molecule has 0 aliphatic rings. The Hall–Kier alpha value is -0.417. The van der Waals surface area contributed by atoms with E-state index in [2.05, 4.69) is 0 Å². The van der Waals surface area contributed by atoms with Gasteiger partial charge in [-0.05, 0) is 0 Å². The van der Waals surface area contributed by atoms with E-state index in [1.165, 1.54) is 0 Å². The van der Waals surface area contributed by atoms with Crippen LogP contribution in [0.1, 0.15) is 6.92 Å². The molecule has 0 bridgehead atoms. The molecule has 0 rings (SSSR count). The van der Waals surface area contributed by atoms with Gasteiger partial charge in [-0.2, -0.15) is 0 Å². The SMILES string of the molecule is CC(=O)O.[C-]#N.[Rh]. The molecule has 0 aromatic rings. The van der Waals surface area contributed by atoms with Gasteiger partial charge in [-0.3, -0.25) is 4.79 Å². The van der Waals surface area contributed by atoms with Gasteiger partial charge >= 0.3 is 0 Å². The summed E-state index contributed by atoms with van der Waals surface area (Å²) in [6.07, 6.45) is 0. The van der Waals surface area contributed by atoms with Crippen molar-refractivity contribution in [2.45, 2.75) is 6.92 Å². The molecule has 1 N–H and O–H groups in total. The Morgan fingerprint density at radius 1 is 1.71 bits per heavy atom. The van der Waals surface area contributed by atoms with Crippen molar-refractivity contribution in [3.8, 4) is 0 Å². The van der Waals surface area contributed by atoms with E-state index < -0.39 is 5.97 Å². The third-order valence-electron chi connectivity index (χ3n) is 0. The molecular formula is C3H4NO2Rh-. The van der Waals surface area contributed by atoms with Gasteiger partial charge in [0.2, 0.25) is 0 Å². The van der Waals surface area contributed by atoms with E-state index in [-0.39, 0.29) is 19.5 Å². The largest absolute Gasteiger partial charge is 0.512 e. The van der Waals surface area contributed by atoms with E-state index in [4.69, 9.17) is 21.7 Å². The van der Waals surface area contributed by atoms with E-state index in [0.717, 1.165) is 6.92 Å². The van der Waals surface area contributed by atoms with Crippen molar-refractivity contribution in [1.29, 1.82) is 5.26 Å². The minimum atomic E-state index is -0.833. The Kier molecular flexibility index (Phi) is 40.1. The summed E-state index contributed by atoms with van der Waals surface area (Å²) in [5.74, 6) is -0.833. The average Bonchev–Trinajstić information content (AvgIpc) is 1.41. The van der Waals surface area contributed by atoms with Gasteiger partial charge in [0, 0.05) is 26.4 Å². The van der Waals surface area contributed by atoms with Gasteiger partial charge in [0.1, 0.15) is 0 Å². The number of hydrogen-bond donors (Lipinski definition) is 1. The van der Waals surface area contributed by atoms with Crippen LogP contribution in [0.5, 0.6) is 0 Å². The van der Waals surface area contributed by atoms with Crippen LogP contribution < -0.4 is 0 Å². The second kappa shape index (κ2) is 17.6. The fourth-order valence-electron chi connectivity index (χ4n) is 0. The van der Waals surface area contributed by atoms with Crippen molar-refractivity contribution in [3.05, 3.63) is 6.57 Å². The van der Waals surface area contributed by atoms with Gasteiger partial charge in [-0.1, -0.05) is 0 Å². The molecule has 0 spiro atoms. The smallest absolute Gasteiger partial charge is 0.300 e. The minimum Gasteiger partial charge on any atom is -0.512 e. The number of carboxylic acid groups (broad SMARTS) is 1. The molecule has 0 aliphatic heterocycles. The van der Waals surface area contributed by atoms with Crippen LogP contribution in [0.15, 0.2) is 0 Å². The molecule has 0 saturated heterocycles. The predicted octanol–water partition coefficient (Wildman–Crippen LogP) is 0.185. The molecule has 0 heterocycles. The molecule has 1 radical (unpaired) electrons. The molecule has 43 valence electrons. The quantitative estimate of drug-likeness (QED) is 0.436. The maximum atomic E-state index is 9.00. The molecule has 0 saturated carbocycles. The van der Waals surface area contributed by atoms with Gasteiger partial charge in [0.25, 0.3) is 5.97 Å². The van der Waals surface area contributed by atoms with Crippen molar-refractivity contribution in [2.75, 3.05) is 0 Å². The fourth-order valence-corrected chi connectivity index (χ4v) is 0. The molecule has 0 atom stereocenters. The van der Waals surface area contributed by atoms with Crippen LogP contribution >= 0.6 is 0 Å². The maximum absolute atomic E-state index is 9.00. The average molecular weight is 189 g/mol. The van der Waals surface area contributed by atoms with Crippen LogP contribution in [0.25, 0.3) is 0 Å². The summed E-state index contributed by atoms with van der Waals surface area (Å²) in [5, 5.41) is 13.7. The number of aliphatic carboxylic acids is 1. The van der Waals surface area contributed by atoms with Crippen LogP contribution in [0, 0.1) is 11.8 Å². The fraction of sp³-hybridized carbons (Fsp3) is 0.333. The van der Waals surface area contributed by atoms with Gasteiger partial charge in [0.05, 0.1) is 0 Å². The molecular weight excluding hydrogens is 185 g/mol. The Morgan fingerprint density at radius 3 is 1.71 bits per heavy atom. The van der Waals surface area contributed by atoms with Crippen LogP contribution in [0.4, 0.5) is 0 Å². The van der Waals surface area contributed by atoms with E-state index in [0.29, 0.717) is 0 Å². The maximum Gasteiger partial charge on any atom is 0.300 e. The van der Waals surface area contributed by atoms with Crippen LogP contribution in [0.3, 0.4) is 0 Å². The normalized spacial score (nSPS) is 3.86. The van der Waals surface area contributed by atoms with E-state index >= 15 is 0 Å². The first-order chi connectivity index (χ1) is 2.73. The molecule has 0 fully saturated rings. The predicted molar refractivity (Wildman–Crippen MR) is 18.3 cm³/mol. The minimum absolute atomic E-state index is 0. The topological polar surface area (TPSA) is 61.1 Å². The molecule has 7 heavy (non-hydrogen) atoms. The van der Waals surface area contributed by atoms with Gasteiger partial charge in [0.15, 0.2) is 0 Å². The van der Waals surface area contributed by atoms with Crippen molar-refractivity contribution in [1.82, 2.24) is 0 Å². The van der Waals surface area contributed by atoms with Crippen LogP contribution in [-0.2, 0) is 24.3 Å². The first kappa shape index (κ1) is 16.0. The molecule has 3 nitrogen and oxygen atoms in total. The number of rotatable bonds is 0. The number of nitrogens with zero attached hydrogens (tertiary/aromatic N) is 1. The van der Waals surface area contributed by atoms with Gasteiger partial charge in [-0.15, -0.1) is 0 Å². The number of hydrogen-bond acceptors (Lipinski definition) is 2. The Labute approximate surface area is 54.7 Å². The van der Waals surface area contributed by atoms with E-state index in [1.807, 2.05) is 0 Å². The zero-order chi connectivity index (χ0) is 5.58. The third-order valence-corrected chi connectivity index (χ3v) is 0. The molecule has 0 unspecified atom stereocenters. The second-order valence-corrected chi connectivity index (χ2v) is 0.519. The van der Waals surface area contributed by atoms with Crippen molar-refractivity contribution in [3.63, 3.8) is 0 Å². The summed E-state index contributed by atoms with van der Waals surface area (Å²) in [6.45, 7) is 5.83. The first-order valence-corrected chi connectivity index (χ1v) is 1.15. The van der Waals surface area contributed by atoms with E-state index in [9.17, 15) is 0 Å². The molecule has 0 aromatic carbocycles. The van der Waals surface area contributed by atoms with Gasteiger partial charge in [-0.25, -0.2) is 0 Å². The summed E-state index contributed by atoms with van der Waals surface area (Å²) in [4.78, 5) is 9.00. The van der Waals surface area contributed by atoms with E-state index in [1.54, 1.807) is 0 Å². The monoisotopic (exact) mass is 189 g/mol. The van der Waals surface area contributed by atoms with Crippen LogP contribution in [0.2, 0.25) is 0 Å². The van der Waals surface area contributed by atoms with Gasteiger partial charge < -0.3 is 16.9 Å².